The number of nitrogens with one attached hydrogen (secondary N) is 1. The van der Waals surface area contributed by atoms with Crippen molar-refractivity contribution in [2.75, 3.05) is 32.5 Å². The Morgan fingerprint density at radius 1 is 1.32 bits per heavy atom. The highest BCUT2D eigenvalue weighted by atomic mass is 79.9. The number of halogens is 4. The summed E-state index contributed by atoms with van der Waals surface area (Å²) < 4.78 is 32.6. The minimum Gasteiger partial charge on any atom is -0.433 e. The van der Waals surface area contributed by atoms with Crippen molar-refractivity contribution in [3.8, 4) is 11.4 Å². The van der Waals surface area contributed by atoms with Crippen molar-refractivity contribution in [3.63, 3.8) is 0 Å². The van der Waals surface area contributed by atoms with Gasteiger partial charge >= 0.3 is 6.61 Å². The molecule has 6 nitrogen and oxygen atoms in total. The average Bonchev–Trinajstić information content (AvgIpc) is 2.97. The van der Waals surface area contributed by atoms with Gasteiger partial charge in [-0.25, -0.2) is 9.67 Å². The first-order valence-electron chi connectivity index (χ1n) is 8.53. The number of hydrogen-bond acceptors (Lipinski definition) is 5. The number of rotatable bonds is 8. The van der Waals surface area contributed by atoms with Gasteiger partial charge in [-0.1, -0.05) is 27.5 Å². The molecule has 0 aliphatic rings. The van der Waals surface area contributed by atoms with E-state index in [4.69, 9.17) is 11.6 Å². The van der Waals surface area contributed by atoms with E-state index in [0.717, 1.165) is 18.4 Å². The summed E-state index contributed by atoms with van der Waals surface area (Å²) in [6.07, 6.45) is 2.53. The van der Waals surface area contributed by atoms with Crippen LogP contribution in [-0.2, 0) is 0 Å². The van der Waals surface area contributed by atoms with Crippen LogP contribution in [0.3, 0.4) is 0 Å². The SMILES string of the molecule is CN(C)CCCNc1nn(-c2cc(Br)ccc2OC(F)F)c2cc(Cl)ncc12. The Bertz CT molecular complexity index is 967. The van der Waals surface area contributed by atoms with Crippen LogP contribution < -0.4 is 10.1 Å². The highest BCUT2D eigenvalue weighted by Gasteiger charge is 2.18. The Morgan fingerprint density at radius 3 is 2.82 bits per heavy atom. The molecule has 28 heavy (non-hydrogen) atoms. The third kappa shape index (κ3) is 4.89. The van der Waals surface area contributed by atoms with Gasteiger partial charge in [0.15, 0.2) is 11.6 Å². The largest absolute Gasteiger partial charge is 0.433 e. The maximum Gasteiger partial charge on any atom is 0.387 e. The zero-order chi connectivity index (χ0) is 20.3. The molecule has 0 spiro atoms. The summed E-state index contributed by atoms with van der Waals surface area (Å²) >= 11 is 9.43. The van der Waals surface area contributed by atoms with Crippen molar-refractivity contribution in [3.05, 3.63) is 40.1 Å². The Hall–Kier alpha value is -1.97. The van der Waals surface area contributed by atoms with Gasteiger partial charge in [0.2, 0.25) is 0 Å². The van der Waals surface area contributed by atoms with Crippen LogP contribution >= 0.6 is 27.5 Å². The lowest BCUT2D eigenvalue weighted by atomic mass is 10.2. The summed E-state index contributed by atoms with van der Waals surface area (Å²) in [6, 6.07) is 6.39. The highest BCUT2D eigenvalue weighted by Crippen LogP contribution is 2.33. The zero-order valence-corrected chi connectivity index (χ0v) is 17.6. The lowest BCUT2D eigenvalue weighted by Gasteiger charge is -2.12. The van der Waals surface area contributed by atoms with E-state index < -0.39 is 6.61 Å². The summed E-state index contributed by atoms with van der Waals surface area (Å²) in [4.78, 5) is 6.22. The molecule has 0 saturated heterocycles. The molecule has 0 saturated carbocycles. The quantitative estimate of drug-likeness (QED) is 0.375. The van der Waals surface area contributed by atoms with Gasteiger partial charge in [-0.15, -0.1) is 5.10 Å². The topological polar surface area (TPSA) is 55.2 Å². The van der Waals surface area contributed by atoms with Crippen LogP contribution in [0.4, 0.5) is 14.6 Å². The molecule has 0 fully saturated rings. The van der Waals surface area contributed by atoms with Crippen LogP contribution in [0.25, 0.3) is 16.6 Å². The van der Waals surface area contributed by atoms with Crippen LogP contribution in [0.5, 0.6) is 5.75 Å². The Labute approximate surface area is 174 Å². The van der Waals surface area contributed by atoms with E-state index in [0.29, 0.717) is 28.0 Å². The Balaban J connectivity index is 2.04. The predicted molar refractivity (Wildman–Crippen MR) is 110 cm³/mol. The van der Waals surface area contributed by atoms with Crippen LogP contribution in [0.1, 0.15) is 6.42 Å². The molecule has 150 valence electrons. The fourth-order valence-electron chi connectivity index (χ4n) is 2.75. The molecule has 3 rings (SSSR count). The van der Waals surface area contributed by atoms with E-state index in [1.807, 2.05) is 14.1 Å². The molecular weight excluding hydrogens is 456 g/mol. The van der Waals surface area contributed by atoms with Gasteiger partial charge in [-0.05, 0) is 45.3 Å². The lowest BCUT2D eigenvalue weighted by molar-refractivity contribution is -0.0498. The number of anilines is 1. The minimum absolute atomic E-state index is 0.00897. The second-order valence-electron chi connectivity index (χ2n) is 6.36. The van der Waals surface area contributed by atoms with Gasteiger partial charge in [0, 0.05) is 23.3 Å². The predicted octanol–water partition coefficient (Wildman–Crippen LogP) is 4.80. The molecule has 0 amide bonds. The number of aromatic nitrogens is 3. The molecule has 0 aliphatic heterocycles. The summed E-state index contributed by atoms with van der Waals surface area (Å²) in [5.74, 6) is 0.607. The number of fused-ring (bicyclic) bond motifs is 1. The van der Waals surface area contributed by atoms with Crippen molar-refractivity contribution in [1.29, 1.82) is 0 Å². The van der Waals surface area contributed by atoms with Crippen molar-refractivity contribution < 1.29 is 13.5 Å². The molecule has 0 unspecified atom stereocenters. The lowest BCUT2D eigenvalue weighted by Crippen LogP contribution is -2.16. The molecule has 3 aromatic rings. The fourth-order valence-corrected chi connectivity index (χ4v) is 3.25. The molecule has 0 bridgehead atoms. The number of alkyl halides is 2. The van der Waals surface area contributed by atoms with E-state index in [9.17, 15) is 8.78 Å². The number of hydrogen-bond donors (Lipinski definition) is 1. The monoisotopic (exact) mass is 473 g/mol. The van der Waals surface area contributed by atoms with E-state index in [2.05, 4.69) is 41.0 Å². The van der Waals surface area contributed by atoms with Gasteiger partial charge in [0.05, 0.1) is 10.9 Å². The van der Waals surface area contributed by atoms with E-state index >= 15 is 0 Å². The van der Waals surface area contributed by atoms with Crippen LogP contribution in [-0.4, -0.2) is 53.5 Å². The second-order valence-corrected chi connectivity index (χ2v) is 7.66. The highest BCUT2D eigenvalue weighted by molar-refractivity contribution is 9.10. The van der Waals surface area contributed by atoms with Crippen molar-refractivity contribution >= 4 is 44.3 Å². The first-order valence-corrected chi connectivity index (χ1v) is 9.70. The maximum atomic E-state index is 12.9. The number of benzene rings is 1. The summed E-state index contributed by atoms with van der Waals surface area (Å²) in [7, 11) is 4.02. The van der Waals surface area contributed by atoms with E-state index in [1.165, 1.54) is 10.7 Å². The minimum atomic E-state index is -2.95. The first-order chi connectivity index (χ1) is 13.3. The molecule has 0 aliphatic carbocycles. The third-order valence-corrected chi connectivity index (χ3v) is 4.67. The zero-order valence-electron chi connectivity index (χ0n) is 15.3. The molecule has 1 aromatic carbocycles. The summed E-state index contributed by atoms with van der Waals surface area (Å²) in [5.41, 5.74) is 0.996. The normalized spacial score (nSPS) is 11.6. The molecule has 2 aromatic heterocycles. The third-order valence-electron chi connectivity index (χ3n) is 3.97. The summed E-state index contributed by atoms with van der Waals surface area (Å²) in [6.45, 7) is -1.32. The van der Waals surface area contributed by atoms with Crippen LogP contribution in [0.2, 0.25) is 5.15 Å². The van der Waals surface area contributed by atoms with Crippen LogP contribution in [0.15, 0.2) is 34.9 Å². The Morgan fingerprint density at radius 2 is 2.11 bits per heavy atom. The van der Waals surface area contributed by atoms with Gasteiger partial charge in [-0.2, -0.15) is 8.78 Å². The molecule has 0 atom stereocenters. The number of pyridine rings is 1. The number of ether oxygens (including phenoxy) is 1. The van der Waals surface area contributed by atoms with Crippen molar-refractivity contribution in [2.24, 2.45) is 0 Å². The van der Waals surface area contributed by atoms with Gasteiger partial charge < -0.3 is 15.0 Å². The van der Waals surface area contributed by atoms with E-state index in [-0.39, 0.29) is 10.9 Å². The molecule has 2 heterocycles. The molecule has 0 radical (unpaired) electrons. The Kier molecular flexibility index (Phi) is 6.69. The average molecular weight is 475 g/mol. The number of nitrogens with zero attached hydrogens (tertiary/aromatic N) is 4. The van der Waals surface area contributed by atoms with Gasteiger partial charge in [0.25, 0.3) is 0 Å². The van der Waals surface area contributed by atoms with Gasteiger partial charge in [0.1, 0.15) is 10.8 Å². The molecule has 10 heteroatoms. The summed E-state index contributed by atoms with van der Waals surface area (Å²) in [5, 5.41) is 8.87. The standard InChI is InChI=1S/C18H19BrClF2N5O/c1-26(2)7-3-6-23-17-12-10-24-16(20)9-13(12)27(25-17)14-8-11(19)4-5-15(14)28-18(21)22/h4-5,8-10,18H,3,6-7H2,1-2H3,(H,23,25). The first kappa shape index (κ1) is 20.8. The van der Waals surface area contributed by atoms with Crippen molar-refractivity contribution in [1.82, 2.24) is 19.7 Å². The molecular formula is C18H19BrClF2N5O. The fraction of sp³-hybridized carbons (Fsp3) is 0.333. The second kappa shape index (κ2) is 9.02. The van der Waals surface area contributed by atoms with Crippen LogP contribution in [0, 0.1) is 0 Å². The maximum absolute atomic E-state index is 12.9. The van der Waals surface area contributed by atoms with Crippen molar-refractivity contribution in [2.45, 2.75) is 13.0 Å². The van der Waals surface area contributed by atoms with Gasteiger partial charge in [-0.3, -0.25) is 0 Å². The molecule has 1 N–H and O–H groups in total. The smallest absolute Gasteiger partial charge is 0.387 e. The van der Waals surface area contributed by atoms with E-state index in [1.54, 1.807) is 24.4 Å².